The Kier molecular flexibility index (Phi) is 7.41. The first-order chi connectivity index (χ1) is 26.7. The molecular weight excluding hydrogens is 661 g/mol. The lowest BCUT2D eigenvalue weighted by Gasteiger charge is -2.16. The Morgan fingerprint density at radius 2 is 0.870 bits per heavy atom. The molecule has 5 heterocycles. The molecule has 6 heteroatoms. The van der Waals surface area contributed by atoms with Gasteiger partial charge < -0.3 is 0 Å². The lowest BCUT2D eigenvalue weighted by molar-refractivity contribution is 1.27. The molecule has 0 aliphatic rings. The van der Waals surface area contributed by atoms with Crippen molar-refractivity contribution in [2.45, 2.75) is 0 Å². The number of benzene rings is 5. The van der Waals surface area contributed by atoms with Crippen LogP contribution in [0.5, 0.6) is 0 Å². The second-order valence-electron chi connectivity index (χ2n) is 13.2. The van der Waals surface area contributed by atoms with E-state index in [9.17, 15) is 0 Å². The van der Waals surface area contributed by atoms with E-state index in [0.717, 1.165) is 99.2 Å². The van der Waals surface area contributed by atoms with Crippen LogP contribution in [0.4, 0.5) is 5.69 Å². The van der Waals surface area contributed by atoms with Crippen LogP contribution in [-0.4, -0.2) is 24.9 Å². The van der Waals surface area contributed by atoms with Crippen LogP contribution in [0.2, 0.25) is 0 Å². The van der Waals surface area contributed by atoms with E-state index < -0.39 is 0 Å². The molecular formula is C48H28N6. The molecule has 0 aliphatic carbocycles. The van der Waals surface area contributed by atoms with Gasteiger partial charge in [-0.2, -0.15) is 0 Å². The van der Waals surface area contributed by atoms with Gasteiger partial charge in [0.1, 0.15) is 0 Å². The highest BCUT2D eigenvalue weighted by molar-refractivity contribution is 6.22. The fraction of sp³-hybridized carbons (Fsp3) is 0. The van der Waals surface area contributed by atoms with Crippen molar-refractivity contribution in [1.29, 1.82) is 0 Å². The van der Waals surface area contributed by atoms with Crippen molar-refractivity contribution in [3.63, 3.8) is 0 Å². The van der Waals surface area contributed by atoms with Crippen molar-refractivity contribution in [3.05, 3.63) is 182 Å². The normalized spacial score (nSPS) is 11.3. The molecule has 5 aromatic heterocycles. The van der Waals surface area contributed by atoms with Crippen LogP contribution < -0.4 is 0 Å². The number of hydrogen-bond donors (Lipinski definition) is 0. The molecule has 0 saturated carbocycles. The molecule has 0 fully saturated rings. The van der Waals surface area contributed by atoms with Gasteiger partial charge in [-0.1, -0.05) is 72.8 Å². The summed E-state index contributed by atoms with van der Waals surface area (Å²) in [5.74, 6) is 0. The van der Waals surface area contributed by atoms with Crippen molar-refractivity contribution in [3.8, 4) is 55.9 Å². The van der Waals surface area contributed by atoms with Gasteiger partial charge in [0.25, 0.3) is 0 Å². The molecule has 250 valence electrons. The Balaban J connectivity index is 1.17. The van der Waals surface area contributed by atoms with E-state index in [1.807, 2.05) is 73.1 Å². The third kappa shape index (κ3) is 5.23. The summed E-state index contributed by atoms with van der Waals surface area (Å²) in [7, 11) is 0. The van der Waals surface area contributed by atoms with Gasteiger partial charge in [-0.05, 0) is 104 Å². The molecule has 0 spiro atoms. The number of hydrogen-bond acceptors (Lipinski definition) is 5. The van der Waals surface area contributed by atoms with Gasteiger partial charge in [0.15, 0.2) is 5.69 Å². The largest absolute Gasteiger partial charge is 0.265 e. The number of fused-ring (bicyclic) bond motifs is 6. The molecule has 10 rings (SSSR count). The zero-order chi connectivity index (χ0) is 36.0. The van der Waals surface area contributed by atoms with Crippen molar-refractivity contribution in [1.82, 2.24) is 24.9 Å². The van der Waals surface area contributed by atoms with Crippen LogP contribution >= 0.6 is 0 Å². The Morgan fingerprint density at radius 1 is 0.370 bits per heavy atom. The van der Waals surface area contributed by atoms with Crippen molar-refractivity contribution < 1.29 is 0 Å². The smallest absolute Gasteiger partial charge is 0.194 e. The van der Waals surface area contributed by atoms with Gasteiger partial charge in [-0.3, -0.25) is 19.9 Å². The third-order valence-electron chi connectivity index (χ3n) is 10.2. The number of nitrogens with zero attached hydrogens (tertiary/aromatic N) is 6. The first kappa shape index (κ1) is 31.1. The number of pyridine rings is 5. The fourth-order valence-electron chi connectivity index (χ4n) is 7.63. The van der Waals surface area contributed by atoms with Gasteiger partial charge in [0.2, 0.25) is 0 Å². The average Bonchev–Trinajstić information content (AvgIpc) is 3.26. The van der Waals surface area contributed by atoms with E-state index >= 15 is 0 Å². The van der Waals surface area contributed by atoms with Crippen molar-refractivity contribution in [2.24, 2.45) is 0 Å². The summed E-state index contributed by atoms with van der Waals surface area (Å²) in [5, 5.41) is 6.38. The van der Waals surface area contributed by atoms with E-state index in [0.29, 0.717) is 5.69 Å². The summed E-state index contributed by atoms with van der Waals surface area (Å²) in [6.45, 7) is 7.64. The Morgan fingerprint density at radius 3 is 1.43 bits per heavy atom. The summed E-state index contributed by atoms with van der Waals surface area (Å²) in [6, 6.07) is 45.9. The van der Waals surface area contributed by atoms with E-state index in [2.05, 4.69) is 87.6 Å². The van der Waals surface area contributed by atoms with Crippen LogP contribution in [0.1, 0.15) is 0 Å². The molecule has 5 aromatic carbocycles. The minimum absolute atomic E-state index is 0.664. The minimum atomic E-state index is 0.664. The first-order valence-electron chi connectivity index (χ1n) is 17.7. The number of rotatable bonds is 5. The molecule has 0 saturated heterocycles. The molecule has 0 aliphatic heterocycles. The summed E-state index contributed by atoms with van der Waals surface area (Å²) < 4.78 is 0. The molecule has 0 amide bonds. The van der Waals surface area contributed by atoms with Crippen molar-refractivity contribution >= 4 is 49.0 Å². The van der Waals surface area contributed by atoms with E-state index in [-0.39, 0.29) is 0 Å². The maximum Gasteiger partial charge on any atom is 0.194 e. The Hall–Kier alpha value is -7.62. The number of aromatic nitrogens is 5. The molecule has 0 N–H and O–H groups in total. The van der Waals surface area contributed by atoms with Gasteiger partial charge in [-0.25, -0.2) is 9.83 Å². The minimum Gasteiger partial charge on any atom is -0.265 e. The second kappa shape index (κ2) is 12.9. The van der Waals surface area contributed by atoms with Gasteiger partial charge in [-0.15, -0.1) is 0 Å². The predicted molar refractivity (Wildman–Crippen MR) is 219 cm³/mol. The van der Waals surface area contributed by atoms with Gasteiger partial charge in [0, 0.05) is 70.2 Å². The molecule has 0 unspecified atom stereocenters. The monoisotopic (exact) mass is 688 g/mol. The highest BCUT2D eigenvalue weighted by Crippen LogP contribution is 2.42. The van der Waals surface area contributed by atoms with Crippen LogP contribution in [0, 0.1) is 6.57 Å². The molecule has 0 bridgehead atoms. The second-order valence-corrected chi connectivity index (χ2v) is 13.2. The zero-order valence-corrected chi connectivity index (χ0v) is 28.8. The fourth-order valence-corrected chi connectivity index (χ4v) is 7.63. The average molecular weight is 689 g/mol. The molecule has 0 radical (unpaired) electrons. The third-order valence-corrected chi connectivity index (χ3v) is 10.2. The zero-order valence-electron chi connectivity index (χ0n) is 28.8. The molecule has 54 heavy (non-hydrogen) atoms. The first-order valence-corrected chi connectivity index (χ1v) is 17.7. The maximum atomic E-state index is 7.64. The molecule has 6 nitrogen and oxygen atoms in total. The molecule has 10 aromatic rings. The Bertz CT molecular complexity index is 3040. The Labute approximate surface area is 311 Å². The summed E-state index contributed by atoms with van der Waals surface area (Å²) in [5.41, 5.74) is 12.6. The van der Waals surface area contributed by atoms with Gasteiger partial charge in [0.05, 0.1) is 29.0 Å². The van der Waals surface area contributed by atoms with Crippen LogP contribution in [0.25, 0.3) is 104 Å². The van der Waals surface area contributed by atoms with Crippen LogP contribution in [0.3, 0.4) is 0 Å². The lowest BCUT2D eigenvalue weighted by atomic mass is 9.90. The standard InChI is InChI=1S/C48H28N6/c1-49-44-15-14-35(36-6-2-3-7-37(36)44)30-10-12-31(13-11-30)40-28-42-39-9-5-21-53-48(39)41(29-43(42)38-8-4-20-52-47(38)40)34-26-45(32-16-22-50-23-17-32)54-46(27-34)33-18-24-51-25-19-33/h2-29H. The van der Waals surface area contributed by atoms with E-state index in [4.69, 9.17) is 21.5 Å². The summed E-state index contributed by atoms with van der Waals surface area (Å²) in [4.78, 5) is 27.3. The van der Waals surface area contributed by atoms with Crippen molar-refractivity contribution in [2.75, 3.05) is 0 Å². The highest BCUT2D eigenvalue weighted by atomic mass is 14.7. The highest BCUT2D eigenvalue weighted by Gasteiger charge is 2.18. The van der Waals surface area contributed by atoms with E-state index in [1.54, 1.807) is 24.8 Å². The topological polar surface area (TPSA) is 68.8 Å². The van der Waals surface area contributed by atoms with E-state index in [1.165, 1.54) is 0 Å². The quantitative estimate of drug-likeness (QED) is 0.133. The van der Waals surface area contributed by atoms with Gasteiger partial charge >= 0.3 is 0 Å². The molecule has 0 atom stereocenters. The maximum absolute atomic E-state index is 7.64. The van der Waals surface area contributed by atoms with Crippen LogP contribution in [0.15, 0.2) is 171 Å². The summed E-state index contributed by atoms with van der Waals surface area (Å²) >= 11 is 0. The lowest BCUT2D eigenvalue weighted by Crippen LogP contribution is -1.94. The summed E-state index contributed by atoms with van der Waals surface area (Å²) in [6.07, 6.45) is 10.9. The predicted octanol–water partition coefficient (Wildman–Crippen LogP) is 12.2. The van der Waals surface area contributed by atoms with Crippen LogP contribution in [-0.2, 0) is 0 Å². The SMILES string of the molecule is [C-]#[N+]c1ccc(-c2ccc(-c3cc4c5cccnc5c(-c5cc(-c6ccncc6)nc(-c6ccncc6)c5)cc4c4cccnc34)cc2)c2ccccc12.